The Hall–Kier alpha value is -2.00. The first-order valence-corrected chi connectivity index (χ1v) is 8.73. The highest BCUT2D eigenvalue weighted by Crippen LogP contribution is 2.29. The van der Waals surface area contributed by atoms with Gasteiger partial charge in [0.25, 0.3) is 0 Å². The van der Waals surface area contributed by atoms with Crippen LogP contribution in [0, 0.1) is 0 Å². The molecule has 3 nitrogen and oxygen atoms in total. The highest BCUT2D eigenvalue weighted by molar-refractivity contribution is 5.36. The largest absolute Gasteiger partial charge is 0.497 e. The summed E-state index contributed by atoms with van der Waals surface area (Å²) in [4.78, 5) is 0. The van der Waals surface area contributed by atoms with Gasteiger partial charge in [0.1, 0.15) is 17.6 Å². The lowest BCUT2D eigenvalue weighted by atomic mass is 9.98. The van der Waals surface area contributed by atoms with Gasteiger partial charge in [0, 0.05) is 13.1 Å². The first-order valence-electron chi connectivity index (χ1n) is 8.73. The topological polar surface area (TPSA) is 30.5 Å². The van der Waals surface area contributed by atoms with Gasteiger partial charge < -0.3 is 14.8 Å². The molecule has 24 heavy (non-hydrogen) atoms. The van der Waals surface area contributed by atoms with Crippen LogP contribution in [0.3, 0.4) is 0 Å². The van der Waals surface area contributed by atoms with Crippen LogP contribution in [-0.2, 0) is 6.54 Å². The van der Waals surface area contributed by atoms with Crippen molar-refractivity contribution in [3.05, 3.63) is 59.7 Å². The minimum absolute atomic E-state index is 0.119. The maximum absolute atomic E-state index is 6.16. The molecule has 2 rings (SSSR count). The van der Waals surface area contributed by atoms with Crippen molar-refractivity contribution in [2.24, 2.45) is 0 Å². The Labute approximate surface area is 146 Å². The van der Waals surface area contributed by atoms with Crippen LogP contribution in [0.5, 0.6) is 11.5 Å². The minimum Gasteiger partial charge on any atom is -0.497 e. The number of hydrogen-bond donors (Lipinski definition) is 1. The van der Waals surface area contributed by atoms with Crippen LogP contribution in [0.1, 0.15) is 44.2 Å². The van der Waals surface area contributed by atoms with E-state index < -0.39 is 0 Å². The molecule has 0 radical (unpaired) electrons. The lowest BCUT2D eigenvalue weighted by Crippen LogP contribution is -2.29. The maximum Gasteiger partial charge on any atom is 0.123 e. The van der Waals surface area contributed by atoms with E-state index in [-0.39, 0.29) is 6.10 Å². The molecule has 0 aliphatic heterocycles. The van der Waals surface area contributed by atoms with E-state index in [1.807, 2.05) is 18.2 Å². The lowest BCUT2D eigenvalue weighted by molar-refractivity contribution is 0.214. The summed E-state index contributed by atoms with van der Waals surface area (Å²) in [6.07, 6.45) is 1.23. The Kier molecular flexibility index (Phi) is 7.13. The van der Waals surface area contributed by atoms with E-state index in [4.69, 9.17) is 9.47 Å². The summed E-state index contributed by atoms with van der Waals surface area (Å²) in [5, 5.41) is 3.46. The third-order valence-electron chi connectivity index (χ3n) is 4.31. The molecule has 0 amide bonds. The lowest BCUT2D eigenvalue weighted by Gasteiger charge is -2.20. The fourth-order valence-electron chi connectivity index (χ4n) is 2.64. The van der Waals surface area contributed by atoms with Crippen LogP contribution >= 0.6 is 0 Å². The first-order chi connectivity index (χ1) is 11.6. The quantitative estimate of drug-likeness (QED) is 0.720. The van der Waals surface area contributed by atoms with Crippen molar-refractivity contribution in [3.63, 3.8) is 0 Å². The van der Waals surface area contributed by atoms with Gasteiger partial charge in [-0.05, 0) is 48.6 Å². The molecule has 130 valence electrons. The molecule has 0 bridgehead atoms. The van der Waals surface area contributed by atoms with Gasteiger partial charge in [-0.25, -0.2) is 0 Å². The molecule has 2 atom stereocenters. The van der Waals surface area contributed by atoms with Gasteiger partial charge in [-0.2, -0.15) is 0 Å². The van der Waals surface area contributed by atoms with Crippen molar-refractivity contribution in [2.75, 3.05) is 13.7 Å². The summed E-state index contributed by atoms with van der Waals surface area (Å²) in [5.41, 5.74) is 2.53. The normalized spacial score (nSPS) is 13.3. The molecule has 2 aromatic rings. The first kappa shape index (κ1) is 18.3. The minimum atomic E-state index is 0.119. The summed E-state index contributed by atoms with van der Waals surface area (Å²) < 4.78 is 11.3. The van der Waals surface area contributed by atoms with Crippen molar-refractivity contribution >= 4 is 0 Å². The summed E-state index contributed by atoms with van der Waals surface area (Å²) in [6, 6.07) is 16.5. The third-order valence-corrected chi connectivity index (χ3v) is 4.31. The number of para-hydroxylation sites is 1. The molecule has 0 spiro atoms. The molecule has 0 aliphatic rings. The zero-order chi connectivity index (χ0) is 17.4. The van der Waals surface area contributed by atoms with Gasteiger partial charge >= 0.3 is 0 Å². The van der Waals surface area contributed by atoms with Gasteiger partial charge in [0.05, 0.1) is 7.11 Å². The van der Waals surface area contributed by atoms with E-state index in [0.717, 1.165) is 31.0 Å². The van der Waals surface area contributed by atoms with Crippen LogP contribution < -0.4 is 14.8 Å². The molecule has 0 aromatic heterocycles. The molecule has 1 N–H and O–H groups in total. The molecule has 2 unspecified atom stereocenters. The Bertz CT molecular complexity index is 609. The zero-order valence-corrected chi connectivity index (χ0v) is 15.2. The van der Waals surface area contributed by atoms with E-state index >= 15 is 0 Å². The Morgan fingerprint density at radius 1 is 1.00 bits per heavy atom. The molecule has 0 heterocycles. The molecular formula is C21H29NO2. The van der Waals surface area contributed by atoms with Gasteiger partial charge in [-0.15, -0.1) is 0 Å². The van der Waals surface area contributed by atoms with E-state index in [1.54, 1.807) is 7.11 Å². The smallest absolute Gasteiger partial charge is 0.123 e. The maximum atomic E-state index is 6.16. The Balaban J connectivity index is 1.84. The fraction of sp³-hybridized carbons (Fsp3) is 0.429. The molecule has 0 fully saturated rings. The van der Waals surface area contributed by atoms with Crippen molar-refractivity contribution in [1.82, 2.24) is 5.32 Å². The van der Waals surface area contributed by atoms with Gasteiger partial charge in [-0.1, -0.05) is 44.2 Å². The molecule has 3 heteroatoms. The molecule has 0 saturated carbocycles. The van der Waals surface area contributed by atoms with Crippen LogP contribution in [-0.4, -0.2) is 19.8 Å². The molecule has 0 aliphatic carbocycles. The van der Waals surface area contributed by atoms with Crippen molar-refractivity contribution in [1.29, 1.82) is 0 Å². The van der Waals surface area contributed by atoms with Crippen molar-refractivity contribution in [3.8, 4) is 11.5 Å². The number of nitrogens with one attached hydrogen (secondary N) is 1. The number of ether oxygens (including phenoxy) is 2. The van der Waals surface area contributed by atoms with E-state index in [9.17, 15) is 0 Å². The zero-order valence-electron chi connectivity index (χ0n) is 15.2. The van der Waals surface area contributed by atoms with E-state index in [2.05, 4.69) is 56.4 Å². The number of rotatable bonds is 9. The molecule has 0 saturated heterocycles. The van der Waals surface area contributed by atoms with Gasteiger partial charge in [-0.3, -0.25) is 0 Å². The van der Waals surface area contributed by atoms with Crippen LogP contribution in [0.25, 0.3) is 0 Å². The monoisotopic (exact) mass is 327 g/mol. The van der Waals surface area contributed by atoms with Crippen molar-refractivity contribution in [2.45, 2.75) is 45.8 Å². The second-order valence-corrected chi connectivity index (χ2v) is 6.25. The number of hydrogen-bond acceptors (Lipinski definition) is 3. The predicted octanol–water partition coefficient (Wildman–Crippen LogP) is 4.77. The van der Waals surface area contributed by atoms with Gasteiger partial charge in [0.2, 0.25) is 0 Å². The standard InChI is InChI=1S/C21H29NO2/c1-5-16(2)20-8-6-7-9-21(20)24-17(3)14-22-15-18-10-12-19(23-4)13-11-18/h6-13,16-17,22H,5,14-15H2,1-4H3. The number of methoxy groups -OCH3 is 1. The summed E-state index contributed by atoms with van der Waals surface area (Å²) in [5.74, 6) is 2.41. The van der Waals surface area contributed by atoms with Crippen LogP contribution in [0.15, 0.2) is 48.5 Å². The highest BCUT2D eigenvalue weighted by atomic mass is 16.5. The summed E-state index contributed by atoms with van der Waals surface area (Å²) in [6.45, 7) is 8.19. The second kappa shape index (κ2) is 9.33. The average molecular weight is 327 g/mol. The van der Waals surface area contributed by atoms with E-state index in [1.165, 1.54) is 11.1 Å². The van der Waals surface area contributed by atoms with Gasteiger partial charge in [0.15, 0.2) is 0 Å². The molecular weight excluding hydrogens is 298 g/mol. The second-order valence-electron chi connectivity index (χ2n) is 6.25. The highest BCUT2D eigenvalue weighted by Gasteiger charge is 2.12. The van der Waals surface area contributed by atoms with Crippen LogP contribution in [0.2, 0.25) is 0 Å². The summed E-state index contributed by atoms with van der Waals surface area (Å²) >= 11 is 0. The predicted molar refractivity (Wildman–Crippen MR) is 99.9 cm³/mol. The van der Waals surface area contributed by atoms with Crippen LogP contribution in [0.4, 0.5) is 0 Å². The SMILES string of the molecule is CCC(C)c1ccccc1OC(C)CNCc1ccc(OC)cc1. The Morgan fingerprint density at radius 2 is 1.71 bits per heavy atom. The van der Waals surface area contributed by atoms with E-state index in [0.29, 0.717) is 5.92 Å². The average Bonchev–Trinajstić information content (AvgIpc) is 2.62. The molecule has 2 aromatic carbocycles. The Morgan fingerprint density at radius 3 is 2.38 bits per heavy atom. The van der Waals surface area contributed by atoms with Crippen molar-refractivity contribution < 1.29 is 9.47 Å². The third kappa shape index (κ3) is 5.27. The number of benzene rings is 2. The fourth-order valence-corrected chi connectivity index (χ4v) is 2.64. The summed E-state index contributed by atoms with van der Waals surface area (Å²) in [7, 11) is 1.68.